The molecule has 1 aliphatic heterocycles. The third kappa shape index (κ3) is 5.89. The molecule has 1 aromatic carbocycles. The lowest BCUT2D eigenvalue weighted by atomic mass is 10.1. The number of rotatable bonds is 4. The highest BCUT2D eigenvalue weighted by molar-refractivity contribution is 14.0. The van der Waals surface area contributed by atoms with E-state index in [-0.39, 0.29) is 30.1 Å². The van der Waals surface area contributed by atoms with E-state index in [4.69, 9.17) is 10.00 Å². The van der Waals surface area contributed by atoms with Crippen molar-refractivity contribution >= 4 is 29.9 Å². The van der Waals surface area contributed by atoms with Crippen LogP contribution in [0.2, 0.25) is 0 Å². The second kappa shape index (κ2) is 9.58. The highest BCUT2D eigenvalue weighted by atomic mass is 127. The molecule has 114 valence electrons. The van der Waals surface area contributed by atoms with Crippen molar-refractivity contribution in [2.45, 2.75) is 25.5 Å². The fourth-order valence-corrected chi connectivity index (χ4v) is 2.17. The zero-order valence-corrected chi connectivity index (χ0v) is 14.5. The molecule has 0 saturated carbocycles. The highest BCUT2D eigenvalue weighted by Crippen LogP contribution is 2.10. The molecule has 0 aliphatic carbocycles. The number of hydrogen-bond donors (Lipinski definition) is 2. The fraction of sp³-hybridized carbons (Fsp3) is 0.467. The molecule has 1 aromatic rings. The third-order valence-electron chi connectivity index (χ3n) is 3.26. The van der Waals surface area contributed by atoms with E-state index < -0.39 is 0 Å². The Morgan fingerprint density at radius 2 is 2.33 bits per heavy atom. The molecule has 2 N–H and O–H groups in total. The van der Waals surface area contributed by atoms with Gasteiger partial charge in [0.1, 0.15) is 0 Å². The molecule has 1 aliphatic rings. The van der Waals surface area contributed by atoms with Gasteiger partial charge in [0.15, 0.2) is 5.96 Å². The number of nitrogens with zero attached hydrogens (tertiary/aromatic N) is 2. The highest BCUT2D eigenvalue weighted by Gasteiger charge is 2.15. The molecule has 2 rings (SSSR count). The van der Waals surface area contributed by atoms with Gasteiger partial charge >= 0.3 is 0 Å². The summed E-state index contributed by atoms with van der Waals surface area (Å²) in [5, 5.41) is 15.4. The van der Waals surface area contributed by atoms with Crippen molar-refractivity contribution in [3.05, 3.63) is 35.4 Å². The number of aliphatic imine (C=N–C) groups is 1. The average molecular weight is 400 g/mol. The molecule has 5 nitrogen and oxygen atoms in total. The maximum Gasteiger partial charge on any atom is 0.191 e. The molecule has 21 heavy (non-hydrogen) atoms. The lowest BCUT2D eigenvalue weighted by Gasteiger charge is -2.15. The Morgan fingerprint density at radius 1 is 1.48 bits per heavy atom. The summed E-state index contributed by atoms with van der Waals surface area (Å²) in [5.41, 5.74) is 1.73. The van der Waals surface area contributed by atoms with Gasteiger partial charge < -0.3 is 15.4 Å². The summed E-state index contributed by atoms with van der Waals surface area (Å²) in [6.07, 6.45) is 2.53. The quantitative estimate of drug-likeness (QED) is 0.461. The Labute approximate surface area is 142 Å². The summed E-state index contributed by atoms with van der Waals surface area (Å²) in [7, 11) is 1.75. The maximum absolute atomic E-state index is 8.87. The zero-order valence-electron chi connectivity index (χ0n) is 12.1. The van der Waals surface area contributed by atoms with Crippen LogP contribution < -0.4 is 10.6 Å². The number of ether oxygens (including phenoxy) is 1. The normalized spacial score (nSPS) is 17.7. The molecule has 1 fully saturated rings. The number of hydrogen-bond acceptors (Lipinski definition) is 3. The Bertz CT molecular complexity index is 507. The van der Waals surface area contributed by atoms with Crippen LogP contribution in [-0.4, -0.2) is 32.3 Å². The fourth-order valence-electron chi connectivity index (χ4n) is 2.17. The van der Waals surface area contributed by atoms with Crippen LogP contribution in [0.3, 0.4) is 0 Å². The van der Waals surface area contributed by atoms with Crippen LogP contribution in [0.5, 0.6) is 0 Å². The number of nitrogens with one attached hydrogen (secondary N) is 2. The molecule has 0 amide bonds. The summed E-state index contributed by atoms with van der Waals surface area (Å²) in [4.78, 5) is 4.18. The third-order valence-corrected chi connectivity index (χ3v) is 3.26. The van der Waals surface area contributed by atoms with Crippen LogP contribution in [-0.2, 0) is 11.3 Å². The van der Waals surface area contributed by atoms with E-state index in [1.807, 2.05) is 18.2 Å². The van der Waals surface area contributed by atoms with Crippen LogP contribution in [0.4, 0.5) is 0 Å². The lowest BCUT2D eigenvalue weighted by molar-refractivity contribution is 0.114. The van der Waals surface area contributed by atoms with E-state index in [9.17, 15) is 0 Å². The van der Waals surface area contributed by atoms with Gasteiger partial charge in [-0.05, 0) is 30.5 Å². The van der Waals surface area contributed by atoms with Crippen LogP contribution in [0.25, 0.3) is 0 Å². The van der Waals surface area contributed by atoms with Gasteiger partial charge in [-0.3, -0.25) is 4.99 Å². The van der Waals surface area contributed by atoms with Gasteiger partial charge in [0.25, 0.3) is 0 Å². The molecular weight excluding hydrogens is 379 g/mol. The van der Waals surface area contributed by atoms with Crippen molar-refractivity contribution < 1.29 is 4.74 Å². The smallest absolute Gasteiger partial charge is 0.191 e. The second-order valence-corrected chi connectivity index (χ2v) is 4.75. The van der Waals surface area contributed by atoms with Gasteiger partial charge in [0.2, 0.25) is 0 Å². The summed E-state index contributed by atoms with van der Waals surface area (Å²) in [5.74, 6) is 0.753. The maximum atomic E-state index is 8.87. The van der Waals surface area contributed by atoms with E-state index in [2.05, 4.69) is 21.7 Å². The summed E-state index contributed by atoms with van der Waals surface area (Å²) in [6, 6.07) is 9.69. The average Bonchev–Trinajstić information content (AvgIpc) is 3.01. The van der Waals surface area contributed by atoms with Gasteiger partial charge in [0.05, 0.1) is 17.7 Å². The summed E-state index contributed by atoms with van der Waals surface area (Å²) in [6.45, 7) is 2.28. The van der Waals surface area contributed by atoms with Crippen LogP contribution in [0, 0.1) is 11.3 Å². The molecule has 1 heterocycles. The minimum atomic E-state index is 0. The first-order valence-electron chi connectivity index (χ1n) is 6.87. The Morgan fingerprint density at radius 3 is 3.00 bits per heavy atom. The lowest BCUT2D eigenvalue weighted by Crippen LogP contribution is -2.40. The standard InChI is InChI=1S/C15H20N4O.HI/c1-17-15(19-11-14-6-3-7-20-14)18-10-13-5-2-4-12(8-13)9-16;/h2,4-5,8,14H,3,6-7,10-11H2,1H3,(H2,17,18,19);1H. The van der Waals surface area contributed by atoms with Gasteiger partial charge in [-0.25, -0.2) is 0 Å². The molecule has 6 heteroatoms. The monoisotopic (exact) mass is 400 g/mol. The van der Waals surface area contributed by atoms with Gasteiger partial charge in [-0.15, -0.1) is 24.0 Å². The van der Waals surface area contributed by atoms with Gasteiger partial charge in [0, 0.05) is 26.7 Å². The molecule has 0 aromatic heterocycles. The SMILES string of the molecule is CN=C(NCc1cccc(C#N)c1)NCC1CCCO1.I. The molecule has 0 bridgehead atoms. The van der Waals surface area contributed by atoms with E-state index >= 15 is 0 Å². The summed E-state index contributed by atoms with van der Waals surface area (Å²) < 4.78 is 5.56. The van der Waals surface area contributed by atoms with Crippen LogP contribution >= 0.6 is 24.0 Å². The zero-order chi connectivity index (χ0) is 14.2. The molecule has 0 radical (unpaired) electrons. The topological polar surface area (TPSA) is 69.4 Å². The number of benzene rings is 1. The van der Waals surface area contributed by atoms with Gasteiger partial charge in [-0.1, -0.05) is 12.1 Å². The molecule has 1 saturated heterocycles. The number of guanidine groups is 1. The number of halogens is 1. The predicted molar refractivity (Wildman–Crippen MR) is 93.7 cm³/mol. The Balaban J connectivity index is 0.00000220. The molecular formula is C15H21IN4O. The van der Waals surface area contributed by atoms with E-state index in [0.29, 0.717) is 12.1 Å². The molecule has 0 spiro atoms. The first-order chi connectivity index (χ1) is 9.81. The van der Waals surface area contributed by atoms with Crippen LogP contribution in [0.15, 0.2) is 29.3 Å². The van der Waals surface area contributed by atoms with E-state index in [1.165, 1.54) is 0 Å². The minimum absolute atomic E-state index is 0. The van der Waals surface area contributed by atoms with Gasteiger partial charge in [-0.2, -0.15) is 5.26 Å². The Hall–Kier alpha value is -1.33. The van der Waals surface area contributed by atoms with Crippen molar-refractivity contribution in [2.24, 2.45) is 4.99 Å². The second-order valence-electron chi connectivity index (χ2n) is 4.75. The number of nitriles is 1. The first-order valence-corrected chi connectivity index (χ1v) is 6.87. The van der Waals surface area contributed by atoms with Crippen molar-refractivity contribution in [1.82, 2.24) is 10.6 Å². The summed E-state index contributed by atoms with van der Waals surface area (Å²) >= 11 is 0. The van der Waals surface area contributed by atoms with Crippen LogP contribution in [0.1, 0.15) is 24.0 Å². The van der Waals surface area contributed by atoms with Crippen molar-refractivity contribution in [3.63, 3.8) is 0 Å². The van der Waals surface area contributed by atoms with E-state index in [0.717, 1.165) is 37.5 Å². The van der Waals surface area contributed by atoms with Crippen molar-refractivity contribution in [1.29, 1.82) is 5.26 Å². The molecule has 1 unspecified atom stereocenters. The molecule has 1 atom stereocenters. The van der Waals surface area contributed by atoms with Crippen molar-refractivity contribution in [2.75, 3.05) is 20.2 Å². The van der Waals surface area contributed by atoms with Crippen molar-refractivity contribution in [3.8, 4) is 6.07 Å². The van der Waals surface area contributed by atoms with E-state index in [1.54, 1.807) is 13.1 Å². The predicted octanol–water partition coefficient (Wildman–Crippen LogP) is 2.02. The first kappa shape index (κ1) is 17.7. The minimum Gasteiger partial charge on any atom is -0.376 e. The Kier molecular flexibility index (Phi) is 8.08. The largest absolute Gasteiger partial charge is 0.376 e.